The summed E-state index contributed by atoms with van der Waals surface area (Å²) in [5, 5.41) is 0. The van der Waals surface area contributed by atoms with Gasteiger partial charge in [-0.1, -0.05) is 103 Å². The van der Waals surface area contributed by atoms with E-state index in [0.717, 1.165) is 12.5 Å². The van der Waals surface area contributed by atoms with Crippen molar-refractivity contribution in [3.63, 3.8) is 0 Å². The molecule has 0 bridgehead atoms. The highest BCUT2D eigenvalue weighted by molar-refractivity contribution is 4.62. The molecule has 0 aromatic rings. The zero-order chi connectivity index (χ0) is 14.3. The normalized spacial score (nSPS) is 22.1. The summed E-state index contributed by atoms with van der Waals surface area (Å²) in [5.41, 5.74) is 5.63. The molecule has 2 N–H and O–H groups in total. The van der Waals surface area contributed by atoms with Crippen LogP contribution in [0.25, 0.3) is 0 Å². The summed E-state index contributed by atoms with van der Waals surface area (Å²) in [6.45, 7) is 0.882. The molecule has 0 radical (unpaired) electrons. The van der Waals surface area contributed by atoms with Crippen molar-refractivity contribution in [2.24, 2.45) is 11.7 Å². The standard InChI is InChI=1S/C19H39N/c20-18-14-13-17-19-15-11-9-7-5-3-1-2-4-6-8-10-12-16-19/h19H,1-18,20H2. The minimum atomic E-state index is 0.882. The molecule has 1 fully saturated rings. The van der Waals surface area contributed by atoms with Gasteiger partial charge in [-0.15, -0.1) is 0 Å². The summed E-state index contributed by atoms with van der Waals surface area (Å²) in [6.07, 6.45) is 24.8. The van der Waals surface area contributed by atoms with Crippen LogP contribution in [0, 0.1) is 5.92 Å². The smallest absolute Gasteiger partial charge is 0.00773 e. The van der Waals surface area contributed by atoms with E-state index in [-0.39, 0.29) is 0 Å². The SMILES string of the molecule is NCCCCC1CCCCCCCCCCCCCC1. The molecule has 1 saturated carbocycles. The van der Waals surface area contributed by atoms with Crippen LogP contribution in [0.3, 0.4) is 0 Å². The highest BCUT2D eigenvalue weighted by Gasteiger charge is 2.08. The van der Waals surface area contributed by atoms with E-state index in [1.165, 1.54) is 109 Å². The predicted octanol–water partition coefficient (Wildman–Crippen LogP) is 6.21. The summed E-state index contributed by atoms with van der Waals surface area (Å²) >= 11 is 0. The fraction of sp³-hybridized carbons (Fsp3) is 1.00. The Morgan fingerprint density at radius 3 is 1.35 bits per heavy atom. The van der Waals surface area contributed by atoms with Gasteiger partial charge in [0, 0.05) is 0 Å². The van der Waals surface area contributed by atoms with Gasteiger partial charge in [0.15, 0.2) is 0 Å². The Balaban J connectivity index is 2.21. The van der Waals surface area contributed by atoms with E-state index in [4.69, 9.17) is 5.73 Å². The molecule has 0 amide bonds. The molecule has 1 heteroatoms. The van der Waals surface area contributed by atoms with Gasteiger partial charge in [-0.05, 0) is 18.9 Å². The summed E-state index contributed by atoms with van der Waals surface area (Å²) < 4.78 is 0. The summed E-state index contributed by atoms with van der Waals surface area (Å²) in [6, 6.07) is 0. The monoisotopic (exact) mass is 281 g/mol. The lowest BCUT2D eigenvalue weighted by Crippen LogP contribution is -2.04. The van der Waals surface area contributed by atoms with Gasteiger partial charge in [0.25, 0.3) is 0 Å². The highest BCUT2D eigenvalue weighted by atomic mass is 14.5. The predicted molar refractivity (Wildman–Crippen MR) is 91.0 cm³/mol. The topological polar surface area (TPSA) is 26.0 Å². The molecule has 0 heterocycles. The minimum absolute atomic E-state index is 0.882. The highest BCUT2D eigenvalue weighted by Crippen LogP contribution is 2.24. The average Bonchev–Trinajstić information content (AvgIpc) is 2.47. The van der Waals surface area contributed by atoms with E-state index >= 15 is 0 Å². The van der Waals surface area contributed by atoms with Crippen LogP contribution in [0.1, 0.15) is 109 Å². The van der Waals surface area contributed by atoms with Gasteiger partial charge in [0.05, 0.1) is 0 Å². The first-order valence-electron chi connectivity index (χ1n) is 9.63. The first kappa shape index (κ1) is 18.0. The lowest BCUT2D eigenvalue weighted by Gasteiger charge is -2.16. The van der Waals surface area contributed by atoms with Crippen LogP contribution in [-0.4, -0.2) is 6.54 Å². The number of hydrogen-bond donors (Lipinski definition) is 1. The maximum absolute atomic E-state index is 5.63. The fourth-order valence-electron chi connectivity index (χ4n) is 3.64. The lowest BCUT2D eigenvalue weighted by atomic mass is 9.90. The quantitative estimate of drug-likeness (QED) is 0.609. The molecule has 0 saturated heterocycles. The van der Waals surface area contributed by atoms with Crippen LogP contribution in [0.2, 0.25) is 0 Å². The van der Waals surface area contributed by atoms with E-state index < -0.39 is 0 Å². The second-order valence-corrected chi connectivity index (χ2v) is 6.97. The van der Waals surface area contributed by atoms with Crippen molar-refractivity contribution in [2.75, 3.05) is 6.54 Å². The summed E-state index contributed by atoms with van der Waals surface area (Å²) in [4.78, 5) is 0. The van der Waals surface area contributed by atoms with Crippen LogP contribution >= 0.6 is 0 Å². The van der Waals surface area contributed by atoms with Crippen LogP contribution in [0.15, 0.2) is 0 Å². The molecule has 0 aromatic carbocycles. The van der Waals surface area contributed by atoms with Crippen molar-refractivity contribution >= 4 is 0 Å². The van der Waals surface area contributed by atoms with Crippen molar-refractivity contribution < 1.29 is 0 Å². The molecule has 0 aliphatic heterocycles. The molecule has 1 nitrogen and oxygen atoms in total. The van der Waals surface area contributed by atoms with E-state index in [0.29, 0.717) is 0 Å². The molecule has 20 heavy (non-hydrogen) atoms. The van der Waals surface area contributed by atoms with Crippen molar-refractivity contribution in [3.05, 3.63) is 0 Å². The fourth-order valence-corrected chi connectivity index (χ4v) is 3.64. The first-order chi connectivity index (χ1) is 9.93. The third kappa shape index (κ3) is 10.7. The number of hydrogen-bond acceptors (Lipinski definition) is 1. The van der Waals surface area contributed by atoms with E-state index in [9.17, 15) is 0 Å². The van der Waals surface area contributed by atoms with Crippen molar-refractivity contribution in [1.29, 1.82) is 0 Å². The Morgan fingerprint density at radius 2 is 0.950 bits per heavy atom. The van der Waals surface area contributed by atoms with Gasteiger partial charge >= 0.3 is 0 Å². The summed E-state index contributed by atoms with van der Waals surface area (Å²) in [7, 11) is 0. The number of unbranched alkanes of at least 4 members (excludes halogenated alkanes) is 1. The molecule has 1 aliphatic carbocycles. The minimum Gasteiger partial charge on any atom is -0.330 e. The van der Waals surface area contributed by atoms with Crippen LogP contribution in [-0.2, 0) is 0 Å². The molecule has 0 unspecified atom stereocenters. The van der Waals surface area contributed by atoms with Crippen molar-refractivity contribution in [3.8, 4) is 0 Å². The molecule has 0 aromatic heterocycles. The Bertz CT molecular complexity index is 174. The van der Waals surface area contributed by atoms with Crippen molar-refractivity contribution in [1.82, 2.24) is 0 Å². The zero-order valence-corrected chi connectivity index (χ0v) is 13.9. The maximum atomic E-state index is 5.63. The molecule has 1 aliphatic rings. The van der Waals surface area contributed by atoms with Gasteiger partial charge in [-0.3, -0.25) is 0 Å². The van der Waals surface area contributed by atoms with Gasteiger partial charge in [0.2, 0.25) is 0 Å². The molecule has 0 spiro atoms. The van der Waals surface area contributed by atoms with Crippen molar-refractivity contribution in [2.45, 2.75) is 109 Å². The number of rotatable bonds is 4. The van der Waals surface area contributed by atoms with Crippen LogP contribution in [0.4, 0.5) is 0 Å². The zero-order valence-electron chi connectivity index (χ0n) is 13.9. The Labute approximate surface area is 128 Å². The first-order valence-corrected chi connectivity index (χ1v) is 9.63. The van der Waals surface area contributed by atoms with Crippen LogP contribution < -0.4 is 5.73 Å². The summed E-state index contributed by atoms with van der Waals surface area (Å²) in [5.74, 6) is 1.01. The Hall–Kier alpha value is -0.0400. The Morgan fingerprint density at radius 1 is 0.550 bits per heavy atom. The second-order valence-electron chi connectivity index (χ2n) is 6.97. The van der Waals surface area contributed by atoms with Crippen LogP contribution in [0.5, 0.6) is 0 Å². The number of nitrogens with two attached hydrogens (primary N) is 1. The van der Waals surface area contributed by atoms with E-state index in [2.05, 4.69) is 0 Å². The molecular formula is C19H39N. The van der Waals surface area contributed by atoms with Gasteiger partial charge < -0.3 is 5.73 Å². The largest absolute Gasteiger partial charge is 0.330 e. The molecule has 1 rings (SSSR count). The van der Waals surface area contributed by atoms with Gasteiger partial charge in [0.1, 0.15) is 0 Å². The average molecular weight is 282 g/mol. The van der Waals surface area contributed by atoms with E-state index in [1.54, 1.807) is 0 Å². The maximum Gasteiger partial charge on any atom is -0.00773 e. The molecular weight excluding hydrogens is 242 g/mol. The third-order valence-electron chi connectivity index (χ3n) is 5.04. The Kier molecular flexibility index (Phi) is 12.5. The third-order valence-corrected chi connectivity index (χ3v) is 5.04. The van der Waals surface area contributed by atoms with Gasteiger partial charge in [-0.25, -0.2) is 0 Å². The lowest BCUT2D eigenvalue weighted by molar-refractivity contribution is 0.370. The second kappa shape index (κ2) is 13.9. The van der Waals surface area contributed by atoms with Gasteiger partial charge in [-0.2, -0.15) is 0 Å². The van der Waals surface area contributed by atoms with E-state index in [1.807, 2.05) is 0 Å². The molecule has 120 valence electrons. The molecule has 0 atom stereocenters.